The molecule has 0 aromatic heterocycles. The van der Waals surface area contributed by atoms with Crippen LogP contribution >= 0.6 is 0 Å². The molecule has 0 atom stereocenters. The third-order valence-electron chi connectivity index (χ3n) is 2.62. The van der Waals surface area contributed by atoms with Crippen molar-refractivity contribution in [3.8, 4) is 0 Å². The van der Waals surface area contributed by atoms with Crippen LogP contribution in [0.5, 0.6) is 0 Å². The van der Waals surface area contributed by atoms with Crippen molar-refractivity contribution in [2.45, 2.75) is 0 Å². The highest BCUT2D eigenvalue weighted by Crippen LogP contribution is 2.12. The van der Waals surface area contributed by atoms with Crippen molar-refractivity contribution in [2.24, 2.45) is 5.84 Å². The monoisotopic (exact) mass is 273 g/mol. The fraction of sp³-hybridized carbons (Fsp3) is 0. The van der Waals surface area contributed by atoms with E-state index < -0.39 is 17.6 Å². The average molecular weight is 273 g/mol. The van der Waals surface area contributed by atoms with Gasteiger partial charge in [-0.05, 0) is 42.5 Å². The standard InChI is InChI=1S/C14H12FN3O2/c15-11-3-1-2-10(8-11)13(19)17-12-6-4-9(5-7-12)14(20)18-16/h1-8H,16H2,(H,17,19)(H,18,20). The van der Waals surface area contributed by atoms with Crippen LogP contribution in [-0.4, -0.2) is 11.8 Å². The van der Waals surface area contributed by atoms with E-state index in [1.165, 1.54) is 30.3 Å². The number of halogens is 1. The van der Waals surface area contributed by atoms with Gasteiger partial charge in [-0.25, -0.2) is 10.2 Å². The van der Waals surface area contributed by atoms with Crippen molar-refractivity contribution < 1.29 is 14.0 Å². The summed E-state index contributed by atoms with van der Waals surface area (Å²) in [7, 11) is 0. The molecule has 0 radical (unpaired) electrons. The lowest BCUT2D eigenvalue weighted by Gasteiger charge is -2.06. The van der Waals surface area contributed by atoms with Gasteiger partial charge in [0.25, 0.3) is 11.8 Å². The van der Waals surface area contributed by atoms with Gasteiger partial charge >= 0.3 is 0 Å². The first kappa shape index (κ1) is 13.7. The summed E-state index contributed by atoms with van der Waals surface area (Å²) in [5.41, 5.74) is 3.09. The second kappa shape index (κ2) is 5.94. The summed E-state index contributed by atoms with van der Waals surface area (Å²) < 4.78 is 13.0. The predicted octanol–water partition coefficient (Wildman–Crippen LogP) is 1.68. The molecule has 2 aromatic carbocycles. The number of carbonyl (C=O) groups excluding carboxylic acids is 2. The number of hydrogen-bond donors (Lipinski definition) is 3. The molecule has 2 aromatic rings. The van der Waals surface area contributed by atoms with Gasteiger partial charge in [0.15, 0.2) is 0 Å². The van der Waals surface area contributed by atoms with Gasteiger partial charge in [-0.2, -0.15) is 0 Å². The summed E-state index contributed by atoms with van der Waals surface area (Å²) in [6, 6.07) is 11.5. The lowest BCUT2D eigenvalue weighted by Crippen LogP contribution is -2.29. The van der Waals surface area contributed by atoms with Crippen molar-refractivity contribution in [2.75, 3.05) is 5.32 Å². The first-order valence-corrected chi connectivity index (χ1v) is 5.78. The van der Waals surface area contributed by atoms with Gasteiger partial charge in [-0.15, -0.1) is 0 Å². The molecule has 0 bridgehead atoms. The van der Waals surface area contributed by atoms with Crippen LogP contribution in [-0.2, 0) is 0 Å². The highest BCUT2D eigenvalue weighted by atomic mass is 19.1. The molecule has 20 heavy (non-hydrogen) atoms. The van der Waals surface area contributed by atoms with E-state index in [-0.39, 0.29) is 5.56 Å². The summed E-state index contributed by atoms with van der Waals surface area (Å²) in [5, 5.41) is 2.60. The molecule has 0 saturated carbocycles. The Morgan fingerprint density at radius 2 is 1.65 bits per heavy atom. The van der Waals surface area contributed by atoms with Crippen molar-refractivity contribution in [1.82, 2.24) is 5.43 Å². The highest BCUT2D eigenvalue weighted by molar-refractivity contribution is 6.04. The van der Waals surface area contributed by atoms with E-state index in [9.17, 15) is 14.0 Å². The number of hydrogen-bond acceptors (Lipinski definition) is 3. The number of nitrogens with one attached hydrogen (secondary N) is 2. The zero-order chi connectivity index (χ0) is 14.5. The Hall–Kier alpha value is -2.73. The van der Waals surface area contributed by atoms with Crippen molar-refractivity contribution in [3.05, 3.63) is 65.5 Å². The summed E-state index contributed by atoms with van der Waals surface area (Å²) in [6.07, 6.45) is 0. The third-order valence-corrected chi connectivity index (χ3v) is 2.62. The molecule has 0 heterocycles. The summed E-state index contributed by atoms with van der Waals surface area (Å²) >= 11 is 0. The Kier molecular flexibility index (Phi) is 4.07. The van der Waals surface area contributed by atoms with Crippen LogP contribution in [0.15, 0.2) is 48.5 Å². The maximum absolute atomic E-state index is 13.0. The summed E-state index contributed by atoms with van der Waals surface area (Å²) in [5.74, 6) is 3.68. The molecule has 2 rings (SSSR count). The highest BCUT2D eigenvalue weighted by Gasteiger charge is 2.08. The predicted molar refractivity (Wildman–Crippen MR) is 72.4 cm³/mol. The molecule has 0 spiro atoms. The molecule has 4 N–H and O–H groups in total. The SMILES string of the molecule is NNC(=O)c1ccc(NC(=O)c2cccc(F)c2)cc1. The number of nitrogens with two attached hydrogens (primary N) is 1. The molecule has 0 aliphatic rings. The van der Waals surface area contributed by atoms with E-state index in [2.05, 4.69) is 5.32 Å². The van der Waals surface area contributed by atoms with Gasteiger partial charge in [0, 0.05) is 16.8 Å². The molecule has 6 heteroatoms. The van der Waals surface area contributed by atoms with E-state index in [0.717, 1.165) is 6.07 Å². The van der Waals surface area contributed by atoms with Gasteiger partial charge in [-0.3, -0.25) is 15.0 Å². The molecule has 0 saturated heterocycles. The summed E-state index contributed by atoms with van der Waals surface area (Å²) in [4.78, 5) is 23.1. The Morgan fingerprint density at radius 3 is 2.25 bits per heavy atom. The first-order valence-electron chi connectivity index (χ1n) is 5.78. The lowest BCUT2D eigenvalue weighted by atomic mass is 10.1. The molecular weight excluding hydrogens is 261 g/mol. The minimum atomic E-state index is -0.479. The Balaban J connectivity index is 2.10. The fourth-order valence-electron chi connectivity index (χ4n) is 1.62. The number of rotatable bonds is 3. The molecule has 2 amide bonds. The molecule has 5 nitrogen and oxygen atoms in total. The van der Waals surface area contributed by atoms with Crippen LogP contribution in [0.4, 0.5) is 10.1 Å². The maximum atomic E-state index is 13.0. The Morgan fingerprint density at radius 1 is 0.950 bits per heavy atom. The minimum absolute atomic E-state index is 0.216. The second-order valence-electron chi connectivity index (χ2n) is 4.02. The zero-order valence-corrected chi connectivity index (χ0v) is 10.4. The van der Waals surface area contributed by atoms with Crippen molar-refractivity contribution in [1.29, 1.82) is 0 Å². The zero-order valence-electron chi connectivity index (χ0n) is 10.4. The molecule has 0 fully saturated rings. The number of amides is 2. The second-order valence-corrected chi connectivity index (χ2v) is 4.02. The molecule has 0 aliphatic heterocycles. The normalized spacial score (nSPS) is 9.90. The molecule has 0 aliphatic carbocycles. The van der Waals surface area contributed by atoms with Crippen LogP contribution in [0.25, 0.3) is 0 Å². The number of carbonyl (C=O) groups is 2. The quantitative estimate of drug-likeness (QED) is 0.452. The van der Waals surface area contributed by atoms with E-state index >= 15 is 0 Å². The average Bonchev–Trinajstić information content (AvgIpc) is 2.47. The van der Waals surface area contributed by atoms with E-state index in [4.69, 9.17) is 5.84 Å². The van der Waals surface area contributed by atoms with Gasteiger partial charge in [0.2, 0.25) is 0 Å². The van der Waals surface area contributed by atoms with Crippen LogP contribution in [0.1, 0.15) is 20.7 Å². The van der Waals surface area contributed by atoms with Gasteiger partial charge in [0.05, 0.1) is 0 Å². The number of nitrogen functional groups attached to an aromatic ring is 1. The smallest absolute Gasteiger partial charge is 0.265 e. The van der Waals surface area contributed by atoms with E-state index in [0.29, 0.717) is 11.3 Å². The Bertz CT molecular complexity index is 641. The first-order chi connectivity index (χ1) is 9.60. The van der Waals surface area contributed by atoms with Crippen LogP contribution in [0.2, 0.25) is 0 Å². The number of anilines is 1. The van der Waals surface area contributed by atoms with Crippen LogP contribution in [0, 0.1) is 5.82 Å². The topological polar surface area (TPSA) is 84.2 Å². The minimum Gasteiger partial charge on any atom is -0.322 e. The Labute approximate surface area is 114 Å². The lowest BCUT2D eigenvalue weighted by molar-refractivity contribution is 0.0953. The van der Waals surface area contributed by atoms with E-state index in [1.54, 1.807) is 12.1 Å². The molecule has 0 unspecified atom stereocenters. The van der Waals surface area contributed by atoms with Gasteiger partial charge < -0.3 is 5.32 Å². The maximum Gasteiger partial charge on any atom is 0.265 e. The van der Waals surface area contributed by atoms with Crippen LogP contribution in [0.3, 0.4) is 0 Å². The van der Waals surface area contributed by atoms with Crippen LogP contribution < -0.4 is 16.6 Å². The third kappa shape index (κ3) is 3.18. The van der Waals surface area contributed by atoms with Gasteiger partial charge in [-0.1, -0.05) is 6.07 Å². The van der Waals surface area contributed by atoms with Gasteiger partial charge in [0.1, 0.15) is 5.82 Å². The van der Waals surface area contributed by atoms with Crippen molar-refractivity contribution >= 4 is 17.5 Å². The largest absolute Gasteiger partial charge is 0.322 e. The summed E-state index contributed by atoms with van der Waals surface area (Å²) in [6.45, 7) is 0. The molecule has 102 valence electrons. The van der Waals surface area contributed by atoms with Crippen molar-refractivity contribution in [3.63, 3.8) is 0 Å². The number of hydrazine groups is 1. The number of benzene rings is 2. The molecular formula is C14H12FN3O2. The fourth-order valence-corrected chi connectivity index (χ4v) is 1.62. The van der Waals surface area contributed by atoms with E-state index in [1.807, 2.05) is 5.43 Å².